The third-order valence-electron chi connectivity index (χ3n) is 4.46. The first-order valence-electron chi connectivity index (χ1n) is 7.45. The zero-order valence-electron chi connectivity index (χ0n) is 11.7. The second kappa shape index (κ2) is 6.04. The molecular formula is C16H24N2O. The van der Waals surface area contributed by atoms with Gasteiger partial charge in [0.2, 0.25) is 0 Å². The van der Waals surface area contributed by atoms with E-state index >= 15 is 0 Å². The van der Waals surface area contributed by atoms with E-state index in [1.54, 1.807) is 0 Å². The minimum absolute atomic E-state index is 0.539. The third kappa shape index (κ3) is 3.16. The van der Waals surface area contributed by atoms with Crippen LogP contribution in [0.15, 0.2) is 18.2 Å². The largest absolute Gasteiger partial charge is 0.381 e. The molecule has 0 amide bonds. The molecule has 1 aromatic carbocycles. The number of rotatable bonds is 4. The molecule has 2 N–H and O–H groups in total. The van der Waals surface area contributed by atoms with E-state index in [0.29, 0.717) is 12.0 Å². The molecular weight excluding hydrogens is 236 g/mol. The average molecular weight is 260 g/mol. The Morgan fingerprint density at radius 3 is 3.21 bits per heavy atom. The molecule has 104 valence electrons. The molecule has 2 aliphatic heterocycles. The Balaban J connectivity index is 1.57. The van der Waals surface area contributed by atoms with E-state index in [1.807, 2.05) is 0 Å². The molecule has 1 fully saturated rings. The summed E-state index contributed by atoms with van der Waals surface area (Å²) in [5, 5.41) is 7.09. The molecule has 0 aromatic heterocycles. The molecule has 2 unspecified atom stereocenters. The van der Waals surface area contributed by atoms with E-state index in [1.165, 1.54) is 29.5 Å². The van der Waals surface area contributed by atoms with Crippen LogP contribution in [0.2, 0.25) is 0 Å². The van der Waals surface area contributed by atoms with Crippen molar-refractivity contribution in [2.45, 2.75) is 38.9 Å². The Bertz CT molecular complexity index is 427. The monoisotopic (exact) mass is 260 g/mol. The highest BCUT2D eigenvalue weighted by molar-refractivity contribution is 5.33. The van der Waals surface area contributed by atoms with E-state index in [2.05, 4.69) is 35.8 Å². The van der Waals surface area contributed by atoms with Crippen LogP contribution in [0.3, 0.4) is 0 Å². The number of hydrogen-bond donors (Lipinski definition) is 2. The van der Waals surface area contributed by atoms with Crippen LogP contribution >= 0.6 is 0 Å². The fraction of sp³-hybridized carbons (Fsp3) is 0.625. The van der Waals surface area contributed by atoms with Crippen molar-refractivity contribution in [3.05, 3.63) is 34.9 Å². The molecule has 0 spiro atoms. The maximum Gasteiger partial charge on any atom is 0.0509 e. The van der Waals surface area contributed by atoms with Crippen LogP contribution in [0, 0.1) is 5.92 Å². The van der Waals surface area contributed by atoms with Crippen molar-refractivity contribution in [3.8, 4) is 0 Å². The average Bonchev–Trinajstić information content (AvgIpc) is 2.99. The third-order valence-corrected chi connectivity index (χ3v) is 4.46. The summed E-state index contributed by atoms with van der Waals surface area (Å²) in [6.45, 7) is 7.23. The predicted molar refractivity (Wildman–Crippen MR) is 77.1 cm³/mol. The standard InChI is InChI=1S/C16H24N2O/c1-12(15-5-7-19-11-15)18-9-13-2-3-14-4-6-17-10-16(14)8-13/h2-3,8,12,15,17-18H,4-7,9-11H2,1H3. The second-order valence-corrected chi connectivity index (χ2v) is 5.82. The van der Waals surface area contributed by atoms with E-state index in [0.717, 1.165) is 32.8 Å². The molecule has 0 aliphatic carbocycles. The maximum atomic E-state index is 5.46. The lowest BCUT2D eigenvalue weighted by Gasteiger charge is -2.21. The van der Waals surface area contributed by atoms with Crippen LogP contribution in [0.4, 0.5) is 0 Å². The minimum atomic E-state index is 0.539. The fourth-order valence-corrected chi connectivity index (χ4v) is 3.04. The Morgan fingerprint density at radius 1 is 1.42 bits per heavy atom. The highest BCUT2D eigenvalue weighted by Gasteiger charge is 2.21. The Labute approximate surface area is 115 Å². The first kappa shape index (κ1) is 13.1. The SMILES string of the molecule is CC(NCc1ccc2c(c1)CNCC2)C1CCOC1. The topological polar surface area (TPSA) is 33.3 Å². The predicted octanol–water partition coefficient (Wildman–Crippen LogP) is 1.85. The van der Waals surface area contributed by atoms with Crippen molar-refractivity contribution in [3.63, 3.8) is 0 Å². The van der Waals surface area contributed by atoms with Crippen LogP contribution in [0.25, 0.3) is 0 Å². The van der Waals surface area contributed by atoms with Gasteiger partial charge in [-0.05, 0) is 48.9 Å². The summed E-state index contributed by atoms with van der Waals surface area (Å²) in [6, 6.07) is 7.47. The summed E-state index contributed by atoms with van der Waals surface area (Å²) >= 11 is 0. The maximum absolute atomic E-state index is 5.46. The lowest BCUT2D eigenvalue weighted by atomic mass is 9.97. The van der Waals surface area contributed by atoms with Crippen molar-refractivity contribution in [1.82, 2.24) is 10.6 Å². The summed E-state index contributed by atoms with van der Waals surface area (Å²) < 4.78 is 5.46. The van der Waals surface area contributed by atoms with Crippen molar-refractivity contribution in [1.29, 1.82) is 0 Å². The van der Waals surface area contributed by atoms with E-state index in [4.69, 9.17) is 4.74 Å². The highest BCUT2D eigenvalue weighted by Crippen LogP contribution is 2.18. The minimum Gasteiger partial charge on any atom is -0.381 e. The van der Waals surface area contributed by atoms with Crippen LogP contribution in [-0.2, 0) is 24.2 Å². The van der Waals surface area contributed by atoms with E-state index < -0.39 is 0 Å². The van der Waals surface area contributed by atoms with Gasteiger partial charge in [0.1, 0.15) is 0 Å². The molecule has 0 saturated carbocycles. The van der Waals surface area contributed by atoms with Gasteiger partial charge in [-0.3, -0.25) is 0 Å². The molecule has 1 aromatic rings. The van der Waals surface area contributed by atoms with Gasteiger partial charge in [0.05, 0.1) is 6.61 Å². The molecule has 2 heterocycles. The number of hydrogen-bond acceptors (Lipinski definition) is 3. The van der Waals surface area contributed by atoms with Crippen LogP contribution in [-0.4, -0.2) is 25.8 Å². The van der Waals surface area contributed by atoms with E-state index in [-0.39, 0.29) is 0 Å². The van der Waals surface area contributed by atoms with Crippen molar-refractivity contribution < 1.29 is 4.74 Å². The second-order valence-electron chi connectivity index (χ2n) is 5.82. The van der Waals surface area contributed by atoms with Gasteiger partial charge in [0, 0.05) is 25.7 Å². The summed E-state index contributed by atoms with van der Waals surface area (Å²) in [5.74, 6) is 0.680. The number of ether oxygens (including phenoxy) is 1. The summed E-state index contributed by atoms with van der Waals surface area (Å²) in [5.41, 5.74) is 4.38. The molecule has 1 saturated heterocycles. The van der Waals surface area contributed by atoms with Crippen molar-refractivity contribution >= 4 is 0 Å². The van der Waals surface area contributed by atoms with Crippen molar-refractivity contribution in [2.24, 2.45) is 5.92 Å². The first-order chi connectivity index (χ1) is 9.33. The molecule has 0 bridgehead atoms. The summed E-state index contributed by atoms with van der Waals surface area (Å²) in [6.07, 6.45) is 2.36. The molecule has 19 heavy (non-hydrogen) atoms. The van der Waals surface area contributed by atoms with Crippen LogP contribution in [0.1, 0.15) is 30.0 Å². The molecule has 2 atom stereocenters. The molecule has 2 aliphatic rings. The Morgan fingerprint density at radius 2 is 2.37 bits per heavy atom. The molecule has 3 rings (SSSR count). The summed E-state index contributed by atoms with van der Waals surface area (Å²) in [4.78, 5) is 0. The van der Waals surface area contributed by atoms with Crippen LogP contribution in [0.5, 0.6) is 0 Å². The van der Waals surface area contributed by atoms with Crippen molar-refractivity contribution in [2.75, 3.05) is 19.8 Å². The van der Waals surface area contributed by atoms with Gasteiger partial charge < -0.3 is 15.4 Å². The molecule has 3 heteroatoms. The lowest BCUT2D eigenvalue weighted by molar-refractivity contribution is 0.178. The molecule has 0 radical (unpaired) electrons. The number of fused-ring (bicyclic) bond motifs is 1. The summed E-state index contributed by atoms with van der Waals surface area (Å²) in [7, 11) is 0. The smallest absolute Gasteiger partial charge is 0.0509 e. The molecule has 3 nitrogen and oxygen atoms in total. The fourth-order valence-electron chi connectivity index (χ4n) is 3.04. The zero-order valence-corrected chi connectivity index (χ0v) is 11.7. The zero-order chi connectivity index (χ0) is 13.1. The Kier molecular flexibility index (Phi) is 4.16. The van der Waals surface area contributed by atoms with Crippen LogP contribution < -0.4 is 10.6 Å². The first-order valence-corrected chi connectivity index (χ1v) is 7.45. The van der Waals surface area contributed by atoms with Gasteiger partial charge in [-0.2, -0.15) is 0 Å². The Hall–Kier alpha value is -0.900. The van der Waals surface area contributed by atoms with Gasteiger partial charge in [-0.15, -0.1) is 0 Å². The normalized spacial score (nSPS) is 24.2. The van der Waals surface area contributed by atoms with Gasteiger partial charge in [-0.25, -0.2) is 0 Å². The van der Waals surface area contributed by atoms with Gasteiger partial charge in [0.15, 0.2) is 0 Å². The van der Waals surface area contributed by atoms with Gasteiger partial charge in [-0.1, -0.05) is 18.2 Å². The van der Waals surface area contributed by atoms with Gasteiger partial charge >= 0.3 is 0 Å². The number of benzene rings is 1. The quantitative estimate of drug-likeness (QED) is 0.867. The van der Waals surface area contributed by atoms with E-state index in [9.17, 15) is 0 Å². The highest BCUT2D eigenvalue weighted by atomic mass is 16.5. The lowest BCUT2D eigenvalue weighted by Crippen LogP contribution is -2.33. The van der Waals surface area contributed by atoms with Gasteiger partial charge in [0.25, 0.3) is 0 Å². The number of nitrogens with one attached hydrogen (secondary N) is 2.